The number of rotatable bonds is 14. The highest BCUT2D eigenvalue weighted by Crippen LogP contribution is 2.11. The van der Waals surface area contributed by atoms with Gasteiger partial charge in [0.1, 0.15) is 24.0 Å². The summed E-state index contributed by atoms with van der Waals surface area (Å²) in [5, 5.41) is 10.1. The largest absolute Gasteiger partial charge is 0.354 e. The minimum Gasteiger partial charge on any atom is -0.354 e. The SMILES string of the molecule is CCC(CC)CNC(=O)Cn1ccc(C)c(NC(=O)C(CCC(=O)C(=O)NC)NC(=O)c2cncn2C)c1=O. The van der Waals surface area contributed by atoms with Gasteiger partial charge in [-0.25, -0.2) is 4.98 Å². The summed E-state index contributed by atoms with van der Waals surface area (Å²) in [6, 6.07) is 0.334. The molecule has 39 heavy (non-hydrogen) atoms. The van der Waals surface area contributed by atoms with Gasteiger partial charge in [0, 0.05) is 33.3 Å². The van der Waals surface area contributed by atoms with Crippen LogP contribution in [0.1, 0.15) is 55.6 Å². The van der Waals surface area contributed by atoms with E-state index < -0.39 is 35.1 Å². The molecule has 13 heteroatoms. The Bertz CT molecular complexity index is 1260. The van der Waals surface area contributed by atoms with Gasteiger partial charge in [-0.05, 0) is 30.9 Å². The first-order valence-corrected chi connectivity index (χ1v) is 12.8. The van der Waals surface area contributed by atoms with E-state index >= 15 is 0 Å². The van der Waals surface area contributed by atoms with Gasteiger partial charge >= 0.3 is 0 Å². The monoisotopic (exact) mass is 543 g/mol. The van der Waals surface area contributed by atoms with E-state index in [-0.39, 0.29) is 36.7 Å². The highest BCUT2D eigenvalue weighted by atomic mass is 16.2. The summed E-state index contributed by atoms with van der Waals surface area (Å²) in [6.07, 6.45) is 5.52. The van der Waals surface area contributed by atoms with Gasteiger partial charge in [-0.2, -0.15) is 0 Å². The van der Waals surface area contributed by atoms with Crippen molar-refractivity contribution in [1.82, 2.24) is 30.1 Å². The molecule has 4 N–H and O–H groups in total. The molecule has 2 heterocycles. The number of anilines is 1. The third kappa shape index (κ3) is 8.62. The van der Waals surface area contributed by atoms with E-state index in [1.807, 2.05) is 13.8 Å². The summed E-state index contributed by atoms with van der Waals surface area (Å²) in [4.78, 5) is 79.2. The van der Waals surface area contributed by atoms with Crippen LogP contribution in [0.5, 0.6) is 0 Å². The lowest BCUT2D eigenvalue weighted by Gasteiger charge is -2.19. The Hall–Kier alpha value is -4.29. The molecule has 13 nitrogen and oxygen atoms in total. The van der Waals surface area contributed by atoms with Gasteiger partial charge in [0.05, 0.1) is 12.5 Å². The fraction of sp³-hybridized carbons (Fsp3) is 0.500. The maximum absolute atomic E-state index is 13.2. The number of hydrogen-bond acceptors (Lipinski definition) is 7. The molecule has 0 aliphatic rings. The second kappa shape index (κ2) is 14.6. The van der Waals surface area contributed by atoms with Crippen LogP contribution in [-0.2, 0) is 32.8 Å². The van der Waals surface area contributed by atoms with E-state index in [0.29, 0.717) is 18.0 Å². The lowest BCUT2D eigenvalue weighted by molar-refractivity contribution is -0.137. The number of hydrogen-bond donors (Lipinski definition) is 4. The number of amides is 4. The number of carbonyl (C=O) groups excluding carboxylic acids is 5. The molecule has 0 fully saturated rings. The number of nitrogens with zero attached hydrogens (tertiary/aromatic N) is 3. The fourth-order valence-corrected chi connectivity index (χ4v) is 3.80. The molecule has 0 spiro atoms. The topological polar surface area (TPSA) is 173 Å². The maximum atomic E-state index is 13.2. The normalized spacial score (nSPS) is 11.5. The summed E-state index contributed by atoms with van der Waals surface area (Å²) in [7, 11) is 2.91. The van der Waals surface area contributed by atoms with Crippen molar-refractivity contribution in [2.24, 2.45) is 13.0 Å². The average molecular weight is 544 g/mol. The number of nitrogens with one attached hydrogen (secondary N) is 4. The van der Waals surface area contributed by atoms with Gasteiger partial charge in [0.2, 0.25) is 17.6 Å². The molecule has 0 radical (unpaired) electrons. The van der Waals surface area contributed by atoms with E-state index in [4.69, 9.17) is 0 Å². The quantitative estimate of drug-likeness (QED) is 0.248. The van der Waals surface area contributed by atoms with Crippen LogP contribution in [0.15, 0.2) is 29.6 Å². The van der Waals surface area contributed by atoms with E-state index in [9.17, 15) is 28.8 Å². The average Bonchev–Trinajstić information content (AvgIpc) is 3.36. The second-order valence-electron chi connectivity index (χ2n) is 9.24. The van der Waals surface area contributed by atoms with E-state index in [1.165, 1.54) is 34.9 Å². The molecule has 2 rings (SSSR count). The summed E-state index contributed by atoms with van der Waals surface area (Å²) in [5.41, 5.74) is -0.0462. The number of imidazole rings is 1. The predicted octanol–water partition coefficient (Wildman–Crippen LogP) is 0.275. The van der Waals surface area contributed by atoms with Gasteiger partial charge in [-0.15, -0.1) is 0 Å². The Morgan fingerprint density at radius 3 is 2.38 bits per heavy atom. The molecule has 4 amide bonds. The highest BCUT2D eigenvalue weighted by molar-refractivity contribution is 6.36. The molecule has 0 aliphatic carbocycles. The molecule has 0 aromatic carbocycles. The van der Waals surface area contributed by atoms with Crippen LogP contribution in [0.4, 0.5) is 5.69 Å². The molecule has 212 valence electrons. The first-order chi connectivity index (χ1) is 18.5. The Morgan fingerprint density at radius 2 is 1.79 bits per heavy atom. The summed E-state index contributed by atoms with van der Waals surface area (Å²) in [6.45, 7) is 5.97. The van der Waals surface area contributed by atoms with Crippen LogP contribution in [0.2, 0.25) is 0 Å². The van der Waals surface area contributed by atoms with E-state index in [2.05, 4.69) is 26.3 Å². The standard InChI is InChI=1S/C26H37N7O6/c1-6-17(7-2)12-29-21(35)14-33-11-10-16(3)22(26(33)39)31-23(36)18(8-9-20(34)25(38)27-4)30-24(37)19-13-28-15-32(19)5/h10-11,13,15,17-18H,6-9,12,14H2,1-5H3,(H,27,38)(H,29,35)(H,30,37)(H,31,36). The van der Waals surface area contributed by atoms with Gasteiger partial charge in [0.25, 0.3) is 17.4 Å². The minimum atomic E-state index is -1.25. The van der Waals surface area contributed by atoms with Crippen LogP contribution in [-0.4, -0.2) is 63.2 Å². The first kappa shape index (κ1) is 30.9. The van der Waals surface area contributed by atoms with Gasteiger partial charge in [-0.1, -0.05) is 26.7 Å². The number of likely N-dealkylation sites (N-methyl/N-ethyl adjacent to an activating group) is 1. The van der Waals surface area contributed by atoms with Crippen molar-refractivity contribution in [2.75, 3.05) is 18.9 Å². The second-order valence-corrected chi connectivity index (χ2v) is 9.24. The van der Waals surface area contributed by atoms with Crippen LogP contribution >= 0.6 is 0 Å². The zero-order valence-electron chi connectivity index (χ0n) is 23.0. The van der Waals surface area contributed by atoms with Crippen molar-refractivity contribution in [3.63, 3.8) is 0 Å². The third-order valence-corrected chi connectivity index (χ3v) is 6.49. The van der Waals surface area contributed by atoms with Crippen LogP contribution in [0.3, 0.4) is 0 Å². The summed E-state index contributed by atoms with van der Waals surface area (Å²) in [5.74, 6) is -2.96. The zero-order valence-corrected chi connectivity index (χ0v) is 23.0. The number of ketones is 1. The van der Waals surface area contributed by atoms with Crippen molar-refractivity contribution in [2.45, 2.75) is 59.0 Å². The third-order valence-electron chi connectivity index (χ3n) is 6.49. The molecule has 0 bridgehead atoms. The van der Waals surface area contributed by atoms with Crippen molar-refractivity contribution >= 4 is 35.1 Å². The molecule has 2 aromatic rings. The summed E-state index contributed by atoms with van der Waals surface area (Å²) >= 11 is 0. The minimum absolute atomic E-state index is 0.0623. The van der Waals surface area contributed by atoms with Crippen molar-refractivity contribution in [1.29, 1.82) is 0 Å². The molecule has 2 aromatic heterocycles. The van der Waals surface area contributed by atoms with Crippen LogP contribution in [0, 0.1) is 12.8 Å². The van der Waals surface area contributed by atoms with E-state index in [0.717, 1.165) is 12.8 Å². The van der Waals surface area contributed by atoms with Crippen LogP contribution in [0.25, 0.3) is 0 Å². The smallest absolute Gasteiger partial charge is 0.287 e. The Morgan fingerprint density at radius 1 is 1.10 bits per heavy atom. The number of aromatic nitrogens is 3. The number of pyridine rings is 1. The molecular weight excluding hydrogens is 506 g/mol. The number of carbonyl (C=O) groups is 5. The molecule has 0 saturated heterocycles. The highest BCUT2D eigenvalue weighted by Gasteiger charge is 2.26. The molecule has 1 atom stereocenters. The van der Waals surface area contributed by atoms with Crippen LogP contribution < -0.4 is 26.8 Å². The Labute approximate surface area is 226 Å². The van der Waals surface area contributed by atoms with Crippen molar-refractivity contribution < 1.29 is 24.0 Å². The maximum Gasteiger partial charge on any atom is 0.287 e. The van der Waals surface area contributed by atoms with Crippen molar-refractivity contribution in [3.8, 4) is 0 Å². The molecular formula is C26H37N7O6. The number of aryl methyl sites for hydroxylation is 2. The molecule has 0 aliphatic heterocycles. The zero-order chi connectivity index (χ0) is 29.1. The fourth-order valence-electron chi connectivity index (χ4n) is 3.80. The predicted molar refractivity (Wildman–Crippen MR) is 144 cm³/mol. The molecule has 1 unspecified atom stereocenters. The Balaban J connectivity index is 2.23. The lowest BCUT2D eigenvalue weighted by Crippen LogP contribution is -2.46. The summed E-state index contributed by atoms with van der Waals surface area (Å²) < 4.78 is 2.64. The van der Waals surface area contributed by atoms with Gasteiger partial charge in [-0.3, -0.25) is 28.8 Å². The molecule has 0 saturated carbocycles. The van der Waals surface area contributed by atoms with E-state index in [1.54, 1.807) is 20.0 Å². The van der Waals surface area contributed by atoms with Crippen molar-refractivity contribution in [3.05, 3.63) is 46.4 Å². The lowest BCUT2D eigenvalue weighted by atomic mass is 10.0. The van der Waals surface area contributed by atoms with Gasteiger partial charge < -0.3 is 30.4 Å². The number of Topliss-reactive ketones (excluding diaryl/α,β-unsaturated/α-hetero) is 1. The first-order valence-electron chi connectivity index (χ1n) is 12.8. The van der Waals surface area contributed by atoms with Gasteiger partial charge in [0.15, 0.2) is 0 Å². The Kier molecular flexibility index (Phi) is 11.6.